The minimum atomic E-state index is -2.92. The van der Waals surface area contributed by atoms with E-state index in [1.54, 1.807) is 13.8 Å². The van der Waals surface area contributed by atoms with Crippen molar-refractivity contribution in [2.45, 2.75) is 57.9 Å². The van der Waals surface area contributed by atoms with Gasteiger partial charge in [-0.05, 0) is 40.2 Å². The van der Waals surface area contributed by atoms with E-state index in [1.807, 2.05) is 0 Å². The molecule has 0 radical (unpaired) electrons. The first-order valence-corrected chi connectivity index (χ1v) is 8.77. The van der Waals surface area contributed by atoms with Crippen molar-refractivity contribution < 1.29 is 8.42 Å². The third-order valence-corrected chi connectivity index (χ3v) is 6.14. The number of rotatable bonds is 5. The molecule has 1 fully saturated rings. The molecule has 0 amide bonds. The van der Waals surface area contributed by atoms with Crippen LogP contribution in [-0.2, 0) is 9.84 Å². The number of nitrogens with zero attached hydrogens (tertiary/aromatic N) is 1. The van der Waals surface area contributed by atoms with E-state index in [-0.39, 0.29) is 11.0 Å². The van der Waals surface area contributed by atoms with Gasteiger partial charge in [-0.15, -0.1) is 0 Å². The van der Waals surface area contributed by atoms with Crippen LogP contribution in [0.5, 0.6) is 0 Å². The zero-order valence-electron chi connectivity index (χ0n) is 12.1. The zero-order valence-corrected chi connectivity index (χ0v) is 13.0. The molecule has 2 atom stereocenters. The number of nitrogens with one attached hydrogen (secondary N) is 1. The maximum atomic E-state index is 11.9. The summed E-state index contributed by atoms with van der Waals surface area (Å²) in [5, 5.41) is 3.26. The van der Waals surface area contributed by atoms with Crippen molar-refractivity contribution in [2.75, 3.05) is 25.4 Å². The molecule has 18 heavy (non-hydrogen) atoms. The van der Waals surface area contributed by atoms with Gasteiger partial charge < -0.3 is 5.32 Å². The Bertz CT molecular complexity index is 341. The van der Waals surface area contributed by atoms with Gasteiger partial charge in [0.05, 0.1) is 11.0 Å². The monoisotopic (exact) mass is 276 g/mol. The zero-order chi connectivity index (χ0) is 13.8. The molecule has 108 valence electrons. The maximum Gasteiger partial charge on any atom is 0.153 e. The normalized spacial score (nSPS) is 27.4. The first-order chi connectivity index (χ1) is 8.36. The van der Waals surface area contributed by atoms with Gasteiger partial charge in [0.2, 0.25) is 0 Å². The Morgan fingerprint density at radius 1 is 1.39 bits per heavy atom. The van der Waals surface area contributed by atoms with Crippen LogP contribution in [0.15, 0.2) is 0 Å². The molecule has 0 spiro atoms. The third-order valence-electron chi connectivity index (χ3n) is 3.95. The van der Waals surface area contributed by atoms with Crippen LogP contribution in [-0.4, -0.2) is 56.0 Å². The molecular weight excluding hydrogens is 248 g/mol. The van der Waals surface area contributed by atoms with E-state index >= 15 is 0 Å². The molecule has 1 aliphatic rings. The predicted molar refractivity (Wildman–Crippen MR) is 76.7 cm³/mol. The molecule has 1 aliphatic heterocycles. The van der Waals surface area contributed by atoms with Crippen molar-refractivity contribution in [2.24, 2.45) is 0 Å². The van der Waals surface area contributed by atoms with Gasteiger partial charge in [-0.25, -0.2) is 8.42 Å². The summed E-state index contributed by atoms with van der Waals surface area (Å²) in [4.78, 5) is 2.33. The van der Waals surface area contributed by atoms with E-state index in [4.69, 9.17) is 0 Å². The second-order valence-electron chi connectivity index (χ2n) is 5.61. The molecule has 1 saturated heterocycles. The van der Waals surface area contributed by atoms with Gasteiger partial charge in [0, 0.05) is 25.2 Å². The maximum absolute atomic E-state index is 11.9. The van der Waals surface area contributed by atoms with E-state index < -0.39 is 9.84 Å². The quantitative estimate of drug-likeness (QED) is 0.821. The lowest BCUT2D eigenvalue weighted by molar-refractivity contribution is 0.215. The molecule has 4 nitrogen and oxygen atoms in total. The molecule has 1 rings (SSSR count). The average molecular weight is 276 g/mol. The molecule has 2 unspecified atom stereocenters. The van der Waals surface area contributed by atoms with Gasteiger partial charge in [0.25, 0.3) is 0 Å². The molecule has 1 N–H and O–H groups in total. The molecule has 0 aliphatic carbocycles. The summed E-state index contributed by atoms with van der Waals surface area (Å²) in [5.74, 6) is 0.283. The highest BCUT2D eigenvalue weighted by molar-refractivity contribution is 7.92. The lowest BCUT2D eigenvalue weighted by atomic mass is 10.2. The van der Waals surface area contributed by atoms with Crippen molar-refractivity contribution in [3.05, 3.63) is 0 Å². The van der Waals surface area contributed by atoms with E-state index in [0.29, 0.717) is 18.6 Å². The van der Waals surface area contributed by atoms with Crippen LogP contribution in [0.3, 0.4) is 0 Å². The number of hydrogen-bond acceptors (Lipinski definition) is 4. The largest absolute Gasteiger partial charge is 0.313 e. The van der Waals surface area contributed by atoms with Crippen molar-refractivity contribution >= 4 is 9.84 Å². The van der Waals surface area contributed by atoms with Crippen LogP contribution in [0.4, 0.5) is 0 Å². The van der Waals surface area contributed by atoms with Gasteiger partial charge in [-0.1, -0.05) is 6.92 Å². The van der Waals surface area contributed by atoms with Crippen LogP contribution < -0.4 is 5.32 Å². The van der Waals surface area contributed by atoms with Crippen molar-refractivity contribution in [3.63, 3.8) is 0 Å². The summed E-state index contributed by atoms with van der Waals surface area (Å²) < 4.78 is 23.7. The minimum absolute atomic E-state index is 0.264. The van der Waals surface area contributed by atoms with Gasteiger partial charge in [-0.3, -0.25) is 4.90 Å². The fourth-order valence-corrected chi connectivity index (χ4v) is 3.23. The molecule has 1 heterocycles. The van der Waals surface area contributed by atoms with Crippen molar-refractivity contribution in [3.8, 4) is 0 Å². The molecule has 0 bridgehead atoms. The Labute approximate surface area is 112 Å². The van der Waals surface area contributed by atoms with Crippen LogP contribution in [0.1, 0.15) is 40.5 Å². The highest BCUT2D eigenvalue weighted by atomic mass is 32.2. The Morgan fingerprint density at radius 3 is 2.61 bits per heavy atom. The van der Waals surface area contributed by atoms with Gasteiger partial charge in [0.1, 0.15) is 0 Å². The van der Waals surface area contributed by atoms with Crippen LogP contribution in [0, 0.1) is 0 Å². The molecule has 0 aromatic heterocycles. The average Bonchev–Trinajstić information content (AvgIpc) is 2.48. The van der Waals surface area contributed by atoms with Crippen molar-refractivity contribution in [1.82, 2.24) is 10.2 Å². The second-order valence-corrected chi connectivity index (χ2v) is 8.28. The summed E-state index contributed by atoms with van der Waals surface area (Å²) in [5.41, 5.74) is 0. The van der Waals surface area contributed by atoms with E-state index in [0.717, 1.165) is 25.9 Å². The summed E-state index contributed by atoms with van der Waals surface area (Å²) in [6.07, 6.45) is 2.19. The van der Waals surface area contributed by atoms with E-state index in [9.17, 15) is 8.42 Å². The molecule has 0 aromatic rings. The first-order valence-electron chi connectivity index (χ1n) is 7.05. The van der Waals surface area contributed by atoms with Crippen LogP contribution in [0.2, 0.25) is 0 Å². The minimum Gasteiger partial charge on any atom is -0.313 e. The smallest absolute Gasteiger partial charge is 0.153 e. The SMILES string of the molecule is CCC1CN(CCS(=O)(=O)C(C)C)C(C)CCN1. The van der Waals surface area contributed by atoms with E-state index in [2.05, 4.69) is 24.1 Å². The topological polar surface area (TPSA) is 49.4 Å². The number of sulfone groups is 1. The van der Waals surface area contributed by atoms with Crippen LogP contribution >= 0.6 is 0 Å². The van der Waals surface area contributed by atoms with Gasteiger partial charge in [0.15, 0.2) is 9.84 Å². The van der Waals surface area contributed by atoms with Gasteiger partial charge in [-0.2, -0.15) is 0 Å². The standard InChI is InChI=1S/C13H28N2O2S/c1-5-13-10-15(12(4)6-7-14-13)8-9-18(16,17)11(2)3/h11-14H,5-10H2,1-4H3. The molecule has 0 aromatic carbocycles. The Kier molecular flexibility index (Phi) is 6.08. The molecule has 5 heteroatoms. The summed E-state index contributed by atoms with van der Waals surface area (Å²) in [6.45, 7) is 10.6. The summed E-state index contributed by atoms with van der Waals surface area (Å²) in [6, 6.07) is 0.966. The molecular formula is C13H28N2O2S. The lowest BCUT2D eigenvalue weighted by Crippen LogP contribution is -2.42. The summed E-state index contributed by atoms with van der Waals surface area (Å²) >= 11 is 0. The fourth-order valence-electron chi connectivity index (χ4n) is 2.27. The third kappa shape index (κ3) is 4.52. The Morgan fingerprint density at radius 2 is 2.06 bits per heavy atom. The first kappa shape index (κ1) is 15.9. The lowest BCUT2D eigenvalue weighted by Gasteiger charge is -2.28. The Hall–Kier alpha value is -0.130. The highest BCUT2D eigenvalue weighted by Crippen LogP contribution is 2.11. The van der Waals surface area contributed by atoms with Gasteiger partial charge >= 0.3 is 0 Å². The predicted octanol–water partition coefficient (Wildman–Crippen LogP) is 1.27. The number of hydrogen-bond donors (Lipinski definition) is 1. The second kappa shape index (κ2) is 6.87. The Balaban J connectivity index is 2.57. The highest BCUT2D eigenvalue weighted by Gasteiger charge is 2.24. The van der Waals surface area contributed by atoms with Crippen LogP contribution in [0.25, 0.3) is 0 Å². The fraction of sp³-hybridized carbons (Fsp3) is 1.00. The summed E-state index contributed by atoms with van der Waals surface area (Å²) in [7, 11) is -2.92. The van der Waals surface area contributed by atoms with E-state index in [1.165, 1.54) is 0 Å². The van der Waals surface area contributed by atoms with Crippen molar-refractivity contribution in [1.29, 1.82) is 0 Å². The molecule has 0 saturated carbocycles.